The second-order valence-corrected chi connectivity index (χ2v) is 7.39. The Morgan fingerprint density at radius 1 is 1.22 bits per heavy atom. The van der Waals surface area contributed by atoms with Crippen molar-refractivity contribution in [2.24, 2.45) is 0 Å². The van der Waals surface area contributed by atoms with Gasteiger partial charge < -0.3 is 0 Å². The minimum absolute atomic E-state index is 0.142. The predicted molar refractivity (Wildman–Crippen MR) is 89.0 cm³/mol. The number of nitrogens with zero attached hydrogens (tertiary/aromatic N) is 2. The summed E-state index contributed by atoms with van der Waals surface area (Å²) in [5.74, 6) is -0.467. The standard InChI is InChI=1S/C14H11N3O4S2/c18-17(19)13-4-2-1-3-10(13)8-23(20,21)16-11-5-6-12-14(7-11)22-9-15-12/h1-7,9,16H,8H2. The molecule has 3 aromatic rings. The Morgan fingerprint density at radius 2 is 2.00 bits per heavy atom. The second-order valence-electron chi connectivity index (χ2n) is 4.78. The Hall–Kier alpha value is -2.52. The fourth-order valence-corrected chi connectivity index (χ4v) is 4.08. The summed E-state index contributed by atoms with van der Waals surface area (Å²) >= 11 is 1.40. The zero-order valence-corrected chi connectivity index (χ0v) is 13.3. The number of para-hydroxylation sites is 1. The largest absolute Gasteiger partial charge is 0.283 e. The maximum atomic E-state index is 12.3. The number of benzene rings is 2. The van der Waals surface area contributed by atoms with Crippen molar-refractivity contribution in [1.29, 1.82) is 0 Å². The van der Waals surface area contributed by atoms with E-state index in [0.29, 0.717) is 5.69 Å². The van der Waals surface area contributed by atoms with Crippen molar-refractivity contribution < 1.29 is 13.3 Å². The van der Waals surface area contributed by atoms with Crippen LogP contribution in [0.5, 0.6) is 0 Å². The normalized spacial score (nSPS) is 11.5. The molecule has 0 radical (unpaired) electrons. The molecule has 0 saturated heterocycles. The van der Waals surface area contributed by atoms with Crippen molar-refractivity contribution in [3.63, 3.8) is 0 Å². The summed E-state index contributed by atoms with van der Waals surface area (Å²) in [4.78, 5) is 14.5. The molecule has 118 valence electrons. The van der Waals surface area contributed by atoms with Crippen LogP contribution in [-0.4, -0.2) is 18.3 Å². The molecule has 9 heteroatoms. The van der Waals surface area contributed by atoms with Gasteiger partial charge in [0.1, 0.15) is 5.75 Å². The first-order valence-corrected chi connectivity index (χ1v) is 9.04. The van der Waals surface area contributed by atoms with Gasteiger partial charge in [0.2, 0.25) is 10.0 Å². The number of nitrogens with one attached hydrogen (secondary N) is 1. The zero-order chi connectivity index (χ0) is 16.4. The molecule has 0 bridgehead atoms. The number of hydrogen-bond acceptors (Lipinski definition) is 6. The third kappa shape index (κ3) is 3.46. The van der Waals surface area contributed by atoms with Crippen LogP contribution >= 0.6 is 11.3 Å². The average molecular weight is 349 g/mol. The van der Waals surface area contributed by atoms with Crippen molar-refractivity contribution in [3.05, 3.63) is 63.7 Å². The van der Waals surface area contributed by atoms with Gasteiger partial charge in [-0.2, -0.15) is 0 Å². The van der Waals surface area contributed by atoms with Crippen LogP contribution in [0, 0.1) is 10.1 Å². The monoisotopic (exact) mass is 349 g/mol. The van der Waals surface area contributed by atoms with Crippen molar-refractivity contribution >= 4 is 43.0 Å². The van der Waals surface area contributed by atoms with Crippen molar-refractivity contribution in [1.82, 2.24) is 4.98 Å². The number of rotatable bonds is 5. The molecule has 1 heterocycles. The van der Waals surface area contributed by atoms with Gasteiger partial charge in [-0.25, -0.2) is 13.4 Å². The Bertz CT molecular complexity index is 982. The molecule has 2 aromatic carbocycles. The summed E-state index contributed by atoms with van der Waals surface area (Å²) in [7, 11) is -3.77. The molecular weight excluding hydrogens is 338 g/mol. The molecule has 0 atom stereocenters. The molecule has 7 nitrogen and oxygen atoms in total. The van der Waals surface area contributed by atoms with Gasteiger partial charge >= 0.3 is 0 Å². The van der Waals surface area contributed by atoms with Crippen LogP contribution < -0.4 is 4.72 Å². The molecule has 0 saturated carbocycles. The molecule has 0 aliphatic heterocycles. The third-order valence-electron chi connectivity index (χ3n) is 3.14. The van der Waals surface area contributed by atoms with Gasteiger partial charge in [-0.1, -0.05) is 18.2 Å². The first kappa shape index (κ1) is 15.4. The molecule has 0 amide bonds. The highest BCUT2D eigenvalue weighted by molar-refractivity contribution is 7.91. The molecule has 1 N–H and O–H groups in total. The molecule has 0 unspecified atom stereocenters. The van der Waals surface area contributed by atoms with Crippen molar-refractivity contribution in [2.45, 2.75) is 5.75 Å². The summed E-state index contributed by atoms with van der Waals surface area (Å²) in [5.41, 5.74) is 2.80. The predicted octanol–water partition coefficient (Wildman–Crippen LogP) is 3.15. The number of nitro groups is 1. The van der Waals surface area contributed by atoms with Crippen molar-refractivity contribution in [3.8, 4) is 0 Å². The van der Waals surface area contributed by atoms with E-state index >= 15 is 0 Å². The topological polar surface area (TPSA) is 102 Å². The van der Waals surface area contributed by atoms with Gasteiger partial charge in [-0.05, 0) is 18.2 Å². The van der Waals surface area contributed by atoms with Gasteiger partial charge in [-0.3, -0.25) is 14.8 Å². The fraction of sp³-hybridized carbons (Fsp3) is 0.0714. The number of hydrogen-bond donors (Lipinski definition) is 1. The van der Waals surface area contributed by atoms with E-state index < -0.39 is 20.7 Å². The number of nitro benzene ring substituents is 1. The minimum atomic E-state index is -3.77. The molecule has 1 aromatic heterocycles. The highest BCUT2D eigenvalue weighted by atomic mass is 32.2. The van der Waals surface area contributed by atoms with Crippen LogP contribution in [0.1, 0.15) is 5.56 Å². The van der Waals surface area contributed by atoms with E-state index in [0.717, 1.165) is 10.2 Å². The Balaban J connectivity index is 1.86. The summed E-state index contributed by atoms with van der Waals surface area (Å²) in [6.45, 7) is 0. The van der Waals surface area contributed by atoms with E-state index in [1.165, 1.54) is 29.5 Å². The summed E-state index contributed by atoms with van der Waals surface area (Å²) in [5, 5.41) is 11.0. The summed E-state index contributed by atoms with van der Waals surface area (Å²) < 4.78 is 27.8. The summed E-state index contributed by atoms with van der Waals surface area (Å²) in [6, 6.07) is 10.8. The van der Waals surface area contributed by atoms with Crippen molar-refractivity contribution in [2.75, 3.05) is 4.72 Å². The van der Waals surface area contributed by atoms with Crippen LogP contribution in [0.4, 0.5) is 11.4 Å². The number of sulfonamides is 1. The summed E-state index contributed by atoms with van der Waals surface area (Å²) in [6.07, 6.45) is 0. The quantitative estimate of drug-likeness (QED) is 0.563. The number of anilines is 1. The van der Waals surface area contributed by atoms with E-state index in [2.05, 4.69) is 9.71 Å². The zero-order valence-electron chi connectivity index (χ0n) is 11.7. The van der Waals surface area contributed by atoms with E-state index in [1.54, 1.807) is 29.8 Å². The van der Waals surface area contributed by atoms with Gasteiger partial charge in [0.05, 0.1) is 26.3 Å². The highest BCUT2D eigenvalue weighted by Crippen LogP contribution is 2.24. The molecule has 0 fully saturated rings. The maximum absolute atomic E-state index is 12.3. The van der Waals surface area contributed by atoms with Gasteiger partial charge in [0, 0.05) is 11.6 Å². The van der Waals surface area contributed by atoms with E-state index in [1.807, 2.05) is 0 Å². The third-order valence-corrected chi connectivity index (χ3v) is 5.17. The molecule has 23 heavy (non-hydrogen) atoms. The maximum Gasteiger partial charge on any atom is 0.273 e. The minimum Gasteiger partial charge on any atom is -0.283 e. The van der Waals surface area contributed by atoms with E-state index in [9.17, 15) is 18.5 Å². The Kier molecular flexibility index (Phi) is 3.97. The van der Waals surface area contributed by atoms with Crippen LogP contribution in [0.2, 0.25) is 0 Å². The van der Waals surface area contributed by atoms with Crippen LogP contribution in [0.3, 0.4) is 0 Å². The average Bonchev–Trinajstić information content (AvgIpc) is 2.94. The fourth-order valence-electron chi connectivity index (χ4n) is 2.15. The lowest BCUT2D eigenvalue weighted by Gasteiger charge is -2.08. The molecular formula is C14H11N3O4S2. The van der Waals surface area contributed by atoms with Crippen LogP contribution in [0.25, 0.3) is 10.2 Å². The highest BCUT2D eigenvalue weighted by Gasteiger charge is 2.19. The molecule has 0 aliphatic rings. The smallest absolute Gasteiger partial charge is 0.273 e. The Labute approximate surface area is 135 Å². The molecule has 0 aliphatic carbocycles. The lowest BCUT2D eigenvalue weighted by molar-refractivity contribution is -0.385. The first-order chi connectivity index (χ1) is 10.9. The van der Waals surface area contributed by atoms with Gasteiger partial charge in [0.15, 0.2) is 0 Å². The lowest BCUT2D eigenvalue weighted by Crippen LogP contribution is -2.15. The van der Waals surface area contributed by atoms with Crippen LogP contribution in [0.15, 0.2) is 48.0 Å². The molecule has 0 spiro atoms. The second kappa shape index (κ2) is 5.94. The Morgan fingerprint density at radius 3 is 2.78 bits per heavy atom. The lowest BCUT2D eigenvalue weighted by atomic mass is 10.2. The van der Waals surface area contributed by atoms with Gasteiger partial charge in [0.25, 0.3) is 5.69 Å². The van der Waals surface area contributed by atoms with E-state index in [4.69, 9.17) is 0 Å². The molecule has 3 rings (SSSR count). The number of fused-ring (bicyclic) bond motifs is 1. The number of aromatic nitrogens is 1. The van der Waals surface area contributed by atoms with Crippen LogP contribution in [-0.2, 0) is 15.8 Å². The first-order valence-electron chi connectivity index (χ1n) is 6.51. The number of thiazole rings is 1. The van der Waals surface area contributed by atoms with E-state index in [-0.39, 0.29) is 11.3 Å². The SMILES string of the molecule is O=[N+]([O-])c1ccccc1CS(=O)(=O)Nc1ccc2ncsc2c1. The van der Waals surface area contributed by atoms with Gasteiger partial charge in [-0.15, -0.1) is 11.3 Å².